The quantitative estimate of drug-likeness (QED) is 0.877. The van der Waals surface area contributed by atoms with Gasteiger partial charge in [-0.15, -0.1) is 0 Å². The van der Waals surface area contributed by atoms with Gasteiger partial charge in [-0.3, -0.25) is 4.68 Å². The SMILES string of the molecule is CSC1(CNc2c(C(=O)O)cnc3c2cnn3C)CC1. The van der Waals surface area contributed by atoms with Crippen LogP contribution in [-0.2, 0) is 7.05 Å². The number of anilines is 1. The predicted octanol–water partition coefficient (Wildman–Crippen LogP) is 1.97. The molecule has 2 aromatic rings. The van der Waals surface area contributed by atoms with Gasteiger partial charge in [0.15, 0.2) is 5.65 Å². The molecule has 3 rings (SSSR count). The van der Waals surface area contributed by atoms with E-state index in [9.17, 15) is 9.90 Å². The second kappa shape index (κ2) is 4.66. The van der Waals surface area contributed by atoms with Crippen LogP contribution in [0.15, 0.2) is 12.4 Å². The number of hydrogen-bond acceptors (Lipinski definition) is 5. The zero-order chi connectivity index (χ0) is 14.3. The lowest BCUT2D eigenvalue weighted by Gasteiger charge is -2.16. The van der Waals surface area contributed by atoms with E-state index in [2.05, 4.69) is 21.7 Å². The van der Waals surface area contributed by atoms with E-state index in [4.69, 9.17) is 0 Å². The van der Waals surface area contributed by atoms with Gasteiger partial charge in [0, 0.05) is 24.5 Å². The fraction of sp³-hybridized carbons (Fsp3) is 0.462. The maximum atomic E-state index is 11.4. The number of nitrogens with zero attached hydrogens (tertiary/aromatic N) is 3. The van der Waals surface area contributed by atoms with E-state index in [0.29, 0.717) is 11.3 Å². The Hall–Kier alpha value is -1.76. The van der Waals surface area contributed by atoms with Gasteiger partial charge >= 0.3 is 5.97 Å². The number of thioether (sulfide) groups is 1. The minimum atomic E-state index is -0.972. The molecule has 1 saturated carbocycles. The van der Waals surface area contributed by atoms with Crippen LogP contribution in [0, 0.1) is 0 Å². The van der Waals surface area contributed by atoms with Crippen molar-refractivity contribution in [3.05, 3.63) is 18.0 Å². The monoisotopic (exact) mass is 292 g/mol. The highest BCUT2D eigenvalue weighted by Crippen LogP contribution is 2.47. The molecule has 0 aromatic carbocycles. The standard InChI is InChI=1S/C13H16N4O2S/c1-17-11-8(6-16-17)10(9(5-14-11)12(18)19)15-7-13(20-2)3-4-13/h5-6H,3-4,7H2,1-2H3,(H,14,15)(H,18,19). The number of rotatable bonds is 5. The number of aryl methyl sites for hydroxylation is 1. The Bertz CT molecular complexity index is 678. The maximum Gasteiger partial charge on any atom is 0.339 e. The van der Waals surface area contributed by atoms with Crippen molar-refractivity contribution in [1.82, 2.24) is 14.8 Å². The van der Waals surface area contributed by atoms with E-state index in [-0.39, 0.29) is 10.3 Å². The molecule has 2 aromatic heterocycles. The van der Waals surface area contributed by atoms with Gasteiger partial charge in [-0.25, -0.2) is 9.78 Å². The summed E-state index contributed by atoms with van der Waals surface area (Å²) in [6, 6.07) is 0. The molecule has 2 heterocycles. The fourth-order valence-electron chi connectivity index (χ4n) is 2.29. The summed E-state index contributed by atoms with van der Waals surface area (Å²) in [7, 11) is 1.80. The first-order valence-electron chi connectivity index (χ1n) is 6.39. The maximum absolute atomic E-state index is 11.4. The third-order valence-corrected chi connectivity index (χ3v) is 5.24. The van der Waals surface area contributed by atoms with Crippen LogP contribution < -0.4 is 5.32 Å². The number of hydrogen-bond donors (Lipinski definition) is 2. The summed E-state index contributed by atoms with van der Waals surface area (Å²) in [6.07, 6.45) is 7.50. The highest BCUT2D eigenvalue weighted by molar-refractivity contribution is 8.00. The van der Waals surface area contributed by atoms with Crippen LogP contribution in [0.4, 0.5) is 5.69 Å². The molecule has 0 spiro atoms. The number of aromatic carboxylic acids is 1. The Morgan fingerprint density at radius 1 is 1.55 bits per heavy atom. The minimum absolute atomic E-state index is 0.197. The molecule has 0 aliphatic heterocycles. The second-order valence-electron chi connectivity index (χ2n) is 5.10. The Labute approximate surface area is 120 Å². The van der Waals surface area contributed by atoms with Gasteiger partial charge in [0.2, 0.25) is 0 Å². The molecule has 1 fully saturated rings. The van der Waals surface area contributed by atoms with Crippen LogP contribution in [0.1, 0.15) is 23.2 Å². The lowest BCUT2D eigenvalue weighted by Crippen LogP contribution is -2.19. The zero-order valence-electron chi connectivity index (χ0n) is 11.4. The molecule has 0 atom stereocenters. The molecule has 6 nitrogen and oxygen atoms in total. The molecule has 2 N–H and O–H groups in total. The molecule has 0 amide bonds. The number of nitrogens with one attached hydrogen (secondary N) is 1. The fourth-order valence-corrected chi connectivity index (χ4v) is 3.02. The molecule has 0 saturated heterocycles. The summed E-state index contributed by atoms with van der Waals surface area (Å²) < 4.78 is 1.90. The van der Waals surface area contributed by atoms with Crippen molar-refractivity contribution >= 4 is 34.5 Å². The van der Waals surface area contributed by atoms with Crippen molar-refractivity contribution in [3.8, 4) is 0 Å². The second-order valence-corrected chi connectivity index (χ2v) is 6.37. The average molecular weight is 292 g/mol. The predicted molar refractivity (Wildman–Crippen MR) is 79.4 cm³/mol. The molecular formula is C13H16N4O2S. The van der Waals surface area contributed by atoms with E-state index < -0.39 is 5.97 Å². The van der Waals surface area contributed by atoms with Gasteiger partial charge in [0.05, 0.1) is 17.3 Å². The van der Waals surface area contributed by atoms with E-state index in [0.717, 1.165) is 11.9 Å². The molecular weight excluding hydrogens is 276 g/mol. The lowest BCUT2D eigenvalue weighted by atomic mass is 10.1. The lowest BCUT2D eigenvalue weighted by molar-refractivity contribution is 0.0697. The third kappa shape index (κ3) is 2.11. The summed E-state index contributed by atoms with van der Waals surface area (Å²) in [6.45, 7) is 0.766. The van der Waals surface area contributed by atoms with Gasteiger partial charge in [0.25, 0.3) is 0 Å². The molecule has 7 heteroatoms. The summed E-state index contributed by atoms with van der Waals surface area (Å²) in [4.78, 5) is 15.5. The molecule has 0 radical (unpaired) electrons. The van der Waals surface area contributed by atoms with Crippen LogP contribution in [-0.4, -0.2) is 43.4 Å². The third-order valence-electron chi connectivity index (χ3n) is 3.82. The normalized spacial score (nSPS) is 16.3. The number of fused-ring (bicyclic) bond motifs is 1. The molecule has 106 valence electrons. The van der Waals surface area contributed by atoms with E-state index in [1.165, 1.54) is 19.0 Å². The van der Waals surface area contributed by atoms with Gasteiger partial charge in [0.1, 0.15) is 5.56 Å². The summed E-state index contributed by atoms with van der Waals surface area (Å²) >= 11 is 1.84. The Morgan fingerprint density at radius 3 is 2.90 bits per heavy atom. The minimum Gasteiger partial charge on any atom is -0.478 e. The van der Waals surface area contributed by atoms with Crippen molar-refractivity contribution in [2.24, 2.45) is 7.05 Å². The number of carbonyl (C=O) groups is 1. The van der Waals surface area contributed by atoms with Crippen LogP contribution in [0.2, 0.25) is 0 Å². The smallest absolute Gasteiger partial charge is 0.339 e. The number of pyridine rings is 1. The Kier molecular flexibility index (Phi) is 3.08. The molecule has 1 aliphatic rings. The van der Waals surface area contributed by atoms with Crippen LogP contribution in [0.3, 0.4) is 0 Å². The topological polar surface area (TPSA) is 80.0 Å². The molecule has 0 bridgehead atoms. The highest BCUT2D eigenvalue weighted by atomic mass is 32.2. The van der Waals surface area contributed by atoms with Crippen molar-refractivity contribution < 1.29 is 9.90 Å². The van der Waals surface area contributed by atoms with Crippen molar-refractivity contribution in [3.63, 3.8) is 0 Å². The van der Waals surface area contributed by atoms with Gasteiger partial charge in [-0.1, -0.05) is 0 Å². The first-order chi connectivity index (χ1) is 9.56. The Balaban J connectivity index is 2.01. The summed E-state index contributed by atoms with van der Waals surface area (Å²) in [5, 5.41) is 17.5. The van der Waals surface area contributed by atoms with Gasteiger partial charge in [-0.05, 0) is 19.1 Å². The molecule has 20 heavy (non-hydrogen) atoms. The summed E-state index contributed by atoms with van der Waals surface area (Å²) in [5.41, 5.74) is 1.50. The first kappa shape index (κ1) is 13.2. The molecule has 1 aliphatic carbocycles. The van der Waals surface area contributed by atoms with Crippen LogP contribution in [0.25, 0.3) is 11.0 Å². The summed E-state index contributed by atoms with van der Waals surface area (Å²) in [5.74, 6) is -0.972. The number of carboxylic acid groups (broad SMARTS) is 1. The van der Waals surface area contributed by atoms with E-state index in [1.807, 2.05) is 11.8 Å². The van der Waals surface area contributed by atoms with Crippen LogP contribution >= 0.6 is 11.8 Å². The number of aromatic nitrogens is 3. The number of carboxylic acids is 1. The largest absolute Gasteiger partial charge is 0.478 e. The Morgan fingerprint density at radius 2 is 2.30 bits per heavy atom. The van der Waals surface area contributed by atoms with E-state index in [1.54, 1.807) is 17.9 Å². The zero-order valence-corrected chi connectivity index (χ0v) is 12.2. The van der Waals surface area contributed by atoms with E-state index >= 15 is 0 Å². The van der Waals surface area contributed by atoms with Crippen molar-refractivity contribution in [1.29, 1.82) is 0 Å². The average Bonchev–Trinajstić information content (AvgIpc) is 3.13. The van der Waals surface area contributed by atoms with Gasteiger partial charge in [-0.2, -0.15) is 16.9 Å². The first-order valence-corrected chi connectivity index (χ1v) is 7.62. The highest BCUT2D eigenvalue weighted by Gasteiger charge is 2.41. The van der Waals surface area contributed by atoms with Crippen molar-refractivity contribution in [2.45, 2.75) is 17.6 Å². The van der Waals surface area contributed by atoms with Crippen molar-refractivity contribution in [2.75, 3.05) is 18.1 Å². The molecule has 0 unspecified atom stereocenters. The van der Waals surface area contributed by atoms with Crippen LogP contribution in [0.5, 0.6) is 0 Å². The van der Waals surface area contributed by atoms with Gasteiger partial charge < -0.3 is 10.4 Å².